The van der Waals surface area contributed by atoms with E-state index in [2.05, 4.69) is 0 Å². The highest BCUT2D eigenvalue weighted by Crippen LogP contribution is 2.41. The van der Waals surface area contributed by atoms with Crippen molar-refractivity contribution in [1.82, 2.24) is 0 Å². The number of hydrogen-bond donors (Lipinski definition) is 1. The minimum Gasteiger partial charge on any atom is -0.493 e. The van der Waals surface area contributed by atoms with Gasteiger partial charge in [-0.15, -0.1) is 11.3 Å². The van der Waals surface area contributed by atoms with Crippen LogP contribution in [0.15, 0.2) is 18.2 Å². The molecule has 20 heavy (non-hydrogen) atoms. The van der Waals surface area contributed by atoms with Gasteiger partial charge in [-0.2, -0.15) is 0 Å². The Morgan fingerprint density at radius 1 is 1.40 bits per heavy atom. The molecule has 3 rings (SSSR count). The molecule has 5 nitrogen and oxygen atoms in total. The standard InChI is InChI=1S/C13H12O5S2/c1-20(16,17)12-2-3-18-9-6-10-7(4-8(9)12)5-11(19-10)13(14)15/h4-6,12H,2-3H2,1H3,(H,14,15)/t12-/m0/s1. The lowest BCUT2D eigenvalue weighted by molar-refractivity contribution is 0.0702. The van der Waals surface area contributed by atoms with Crippen LogP contribution in [0.1, 0.15) is 26.9 Å². The Bertz CT molecular complexity index is 804. The Kier molecular flexibility index (Phi) is 2.98. The first-order valence-corrected chi connectivity index (χ1v) is 8.76. The molecule has 0 amide bonds. The Hall–Kier alpha value is -1.60. The van der Waals surface area contributed by atoms with Crippen LogP contribution in [0.4, 0.5) is 0 Å². The predicted octanol–water partition coefficient (Wildman–Crippen LogP) is 2.47. The van der Waals surface area contributed by atoms with E-state index in [1.54, 1.807) is 18.2 Å². The zero-order chi connectivity index (χ0) is 14.5. The van der Waals surface area contributed by atoms with Crippen molar-refractivity contribution in [2.24, 2.45) is 0 Å². The SMILES string of the molecule is CS(=O)(=O)[C@H]1CCOc2cc3sc(C(=O)O)cc3cc21. The van der Waals surface area contributed by atoms with Crippen LogP contribution in [0, 0.1) is 0 Å². The van der Waals surface area contributed by atoms with Crippen molar-refractivity contribution in [2.75, 3.05) is 12.9 Å². The molecule has 0 unspecified atom stereocenters. The smallest absolute Gasteiger partial charge is 0.345 e. The van der Waals surface area contributed by atoms with Crippen molar-refractivity contribution >= 4 is 37.2 Å². The van der Waals surface area contributed by atoms with Gasteiger partial charge in [0.2, 0.25) is 0 Å². The van der Waals surface area contributed by atoms with Crippen molar-refractivity contribution in [2.45, 2.75) is 11.7 Å². The molecule has 1 N–H and O–H groups in total. The number of hydrogen-bond acceptors (Lipinski definition) is 5. The third-order valence-corrected chi connectivity index (χ3v) is 5.97. The summed E-state index contributed by atoms with van der Waals surface area (Å²) in [5.41, 5.74) is 0.626. The fraction of sp³-hybridized carbons (Fsp3) is 0.308. The van der Waals surface area contributed by atoms with Crippen LogP contribution in [0.2, 0.25) is 0 Å². The van der Waals surface area contributed by atoms with E-state index in [-0.39, 0.29) is 4.88 Å². The normalized spacial score (nSPS) is 18.6. The maximum Gasteiger partial charge on any atom is 0.345 e. The summed E-state index contributed by atoms with van der Waals surface area (Å²) in [6.45, 7) is 0.355. The van der Waals surface area contributed by atoms with Gasteiger partial charge in [-0.05, 0) is 23.6 Å². The van der Waals surface area contributed by atoms with Crippen LogP contribution in [-0.2, 0) is 9.84 Å². The number of fused-ring (bicyclic) bond motifs is 2. The fourth-order valence-corrected chi connectivity index (χ4v) is 4.53. The quantitative estimate of drug-likeness (QED) is 0.921. The second kappa shape index (κ2) is 4.46. The van der Waals surface area contributed by atoms with Crippen LogP contribution in [-0.4, -0.2) is 32.4 Å². The Morgan fingerprint density at radius 3 is 2.80 bits per heavy atom. The highest BCUT2D eigenvalue weighted by Gasteiger charge is 2.30. The van der Waals surface area contributed by atoms with Gasteiger partial charge >= 0.3 is 5.97 Å². The first kappa shape index (κ1) is 13.4. The molecular weight excluding hydrogens is 300 g/mol. The molecule has 106 valence electrons. The van der Waals surface area contributed by atoms with Crippen molar-refractivity contribution < 1.29 is 23.1 Å². The molecule has 0 spiro atoms. The lowest BCUT2D eigenvalue weighted by Gasteiger charge is -2.24. The Labute approximate surface area is 119 Å². The Morgan fingerprint density at radius 2 is 2.15 bits per heavy atom. The minimum absolute atomic E-state index is 0.234. The number of ether oxygens (including phenoxy) is 1. The van der Waals surface area contributed by atoms with Gasteiger partial charge in [-0.3, -0.25) is 0 Å². The van der Waals surface area contributed by atoms with Gasteiger partial charge in [0.25, 0.3) is 0 Å². The van der Waals surface area contributed by atoms with Crippen LogP contribution >= 0.6 is 11.3 Å². The zero-order valence-corrected chi connectivity index (χ0v) is 12.3. The number of carboxylic acids is 1. The van der Waals surface area contributed by atoms with Crippen molar-refractivity contribution in [3.8, 4) is 5.75 Å². The number of rotatable bonds is 2. The van der Waals surface area contributed by atoms with Crippen LogP contribution in [0.3, 0.4) is 0 Å². The predicted molar refractivity (Wildman–Crippen MR) is 76.5 cm³/mol. The summed E-state index contributed by atoms with van der Waals surface area (Å²) in [5.74, 6) is -0.442. The summed E-state index contributed by atoms with van der Waals surface area (Å²) >= 11 is 1.16. The number of thiophene rings is 1. The molecule has 2 heterocycles. The molecule has 2 aromatic rings. The third kappa shape index (κ3) is 2.16. The van der Waals surface area contributed by atoms with Gasteiger partial charge < -0.3 is 9.84 Å². The number of carboxylic acid groups (broad SMARTS) is 1. The Balaban J connectivity index is 2.22. The largest absolute Gasteiger partial charge is 0.493 e. The lowest BCUT2D eigenvalue weighted by atomic mass is 10.0. The van der Waals surface area contributed by atoms with Gasteiger partial charge in [0.15, 0.2) is 9.84 Å². The number of aromatic carboxylic acids is 1. The molecular formula is C13H12O5S2. The van der Waals surface area contributed by atoms with E-state index >= 15 is 0 Å². The van der Waals surface area contributed by atoms with Crippen LogP contribution in [0.5, 0.6) is 5.75 Å². The van der Waals surface area contributed by atoms with E-state index < -0.39 is 21.1 Å². The summed E-state index contributed by atoms with van der Waals surface area (Å²) in [6, 6.07) is 5.04. The monoisotopic (exact) mass is 312 g/mol. The second-order valence-corrected chi connectivity index (χ2v) is 8.11. The van der Waals surface area contributed by atoms with Gasteiger partial charge in [0, 0.05) is 22.9 Å². The first-order chi connectivity index (χ1) is 9.36. The van der Waals surface area contributed by atoms with Crippen molar-refractivity contribution in [1.29, 1.82) is 0 Å². The van der Waals surface area contributed by atoms with Crippen molar-refractivity contribution in [3.63, 3.8) is 0 Å². The van der Waals surface area contributed by atoms with E-state index in [0.717, 1.165) is 21.4 Å². The summed E-state index contributed by atoms with van der Waals surface area (Å²) in [6.07, 6.45) is 1.64. The minimum atomic E-state index is -3.21. The number of sulfone groups is 1. The zero-order valence-electron chi connectivity index (χ0n) is 10.6. The summed E-state index contributed by atoms with van der Waals surface area (Å²) in [7, 11) is -3.21. The second-order valence-electron chi connectivity index (χ2n) is 4.80. The van der Waals surface area contributed by atoms with Gasteiger partial charge in [-0.25, -0.2) is 13.2 Å². The topological polar surface area (TPSA) is 80.7 Å². The lowest BCUT2D eigenvalue weighted by Crippen LogP contribution is -2.20. The third-order valence-electron chi connectivity index (χ3n) is 3.36. The molecule has 7 heteroatoms. The first-order valence-electron chi connectivity index (χ1n) is 5.99. The van der Waals surface area contributed by atoms with E-state index in [1.165, 1.54) is 6.26 Å². The molecule has 1 atom stereocenters. The average molecular weight is 312 g/mol. The maximum atomic E-state index is 11.9. The van der Waals surface area contributed by atoms with Crippen molar-refractivity contribution in [3.05, 3.63) is 28.6 Å². The molecule has 1 aliphatic rings. The molecule has 1 aliphatic heterocycles. The molecule has 0 saturated heterocycles. The van der Waals surface area contributed by atoms with E-state index in [0.29, 0.717) is 24.3 Å². The van der Waals surface area contributed by atoms with E-state index in [1.807, 2.05) is 0 Å². The molecule has 1 aromatic carbocycles. The van der Waals surface area contributed by atoms with E-state index in [4.69, 9.17) is 9.84 Å². The molecule has 0 radical (unpaired) electrons. The van der Waals surface area contributed by atoms with Gasteiger partial charge in [0.05, 0.1) is 11.9 Å². The molecule has 0 aliphatic carbocycles. The summed E-state index contributed by atoms with van der Waals surface area (Å²) < 4.78 is 30.0. The molecule has 0 fully saturated rings. The van der Waals surface area contributed by atoms with Gasteiger partial charge in [0.1, 0.15) is 10.6 Å². The fourth-order valence-electron chi connectivity index (χ4n) is 2.44. The number of carbonyl (C=O) groups is 1. The van der Waals surface area contributed by atoms with E-state index in [9.17, 15) is 13.2 Å². The highest BCUT2D eigenvalue weighted by molar-refractivity contribution is 7.90. The van der Waals surface area contributed by atoms with Crippen LogP contribution in [0.25, 0.3) is 10.1 Å². The average Bonchev–Trinajstić information content (AvgIpc) is 2.76. The van der Waals surface area contributed by atoms with Crippen LogP contribution < -0.4 is 4.74 Å². The molecule has 1 aromatic heterocycles. The summed E-state index contributed by atoms with van der Waals surface area (Å²) in [5, 5.41) is 9.18. The van der Waals surface area contributed by atoms with Gasteiger partial charge in [-0.1, -0.05) is 0 Å². The highest BCUT2D eigenvalue weighted by atomic mass is 32.2. The molecule has 0 saturated carbocycles. The molecule has 0 bridgehead atoms. The number of benzene rings is 1. The summed E-state index contributed by atoms with van der Waals surface area (Å²) in [4.78, 5) is 11.2. The maximum absolute atomic E-state index is 11.9.